The number of para-hydroxylation sites is 2. The zero-order valence-electron chi connectivity index (χ0n) is 10.8. The average molecular weight is 277 g/mol. The number of nitrogens with zero attached hydrogens (tertiary/aromatic N) is 2. The van der Waals surface area contributed by atoms with Gasteiger partial charge in [0, 0.05) is 19.4 Å². The molecule has 5 nitrogen and oxygen atoms in total. The molecule has 100 valence electrons. The average Bonchev–Trinajstić information content (AvgIpc) is 2.82. The molecule has 1 aromatic heterocycles. The summed E-state index contributed by atoms with van der Waals surface area (Å²) in [4.78, 5) is 16.0. The van der Waals surface area contributed by atoms with Crippen molar-refractivity contribution in [2.45, 2.75) is 5.16 Å². The maximum Gasteiger partial charge on any atom is 0.234 e. The normalized spacial score (nSPS) is 10.2. The Hall–Kier alpha value is -1.95. The van der Waals surface area contributed by atoms with E-state index in [9.17, 15) is 4.79 Å². The Bertz CT molecular complexity index is 569. The number of aromatic nitrogens is 2. The van der Waals surface area contributed by atoms with Gasteiger partial charge in [0.25, 0.3) is 0 Å². The molecule has 0 aliphatic carbocycles. The number of thioether (sulfide) groups is 1. The third kappa shape index (κ3) is 3.51. The van der Waals surface area contributed by atoms with Crippen LogP contribution in [0.5, 0.6) is 5.75 Å². The molecule has 1 heterocycles. The smallest absolute Gasteiger partial charge is 0.234 e. The number of nitrogens with one attached hydrogen (secondary N) is 1. The fourth-order valence-corrected chi connectivity index (χ4v) is 2.29. The van der Waals surface area contributed by atoms with E-state index in [1.807, 2.05) is 42.1 Å². The lowest BCUT2D eigenvalue weighted by Gasteiger charge is -2.09. The van der Waals surface area contributed by atoms with Gasteiger partial charge in [-0.1, -0.05) is 23.9 Å². The van der Waals surface area contributed by atoms with Crippen LogP contribution in [0.1, 0.15) is 0 Å². The Morgan fingerprint density at radius 2 is 2.26 bits per heavy atom. The van der Waals surface area contributed by atoms with E-state index in [1.165, 1.54) is 11.8 Å². The third-order valence-corrected chi connectivity index (χ3v) is 3.55. The number of rotatable bonds is 5. The molecule has 0 aliphatic rings. The van der Waals surface area contributed by atoms with Gasteiger partial charge in [0.1, 0.15) is 5.75 Å². The van der Waals surface area contributed by atoms with E-state index in [0.717, 1.165) is 5.16 Å². The van der Waals surface area contributed by atoms with Crippen LogP contribution in [0, 0.1) is 0 Å². The first kappa shape index (κ1) is 13.5. The van der Waals surface area contributed by atoms with Crippen LogP contribution in [0.3, 0.4) is 0 Å². The molecule has 0 bridgehead atoms. The number of benzene rings is 1. The molecule has 1 amide bonds. The van der Waals surface area contributed by atoms with Crippen LogP contribution in [-0.2, 0) is 11.8 Å². The van der Waals surface area contributed by atoms with Crippen molar-refractivity contribution >= 4 is 23.4 Å². The van der Waals surface area contributed by atoms with Crippen molar-refractivity contribution in [3.05, 3.63) is 36.7 Å². The van der Waals surface area contributed by atoms with Crippen LogP contribution >= 0.6 is 11.8 Å². The molecule has 1 aromatic carbocycles. The number of ether oxygens (including phenoxy) is 1. The third-order valence-electron chi connectivity index (χ3n) is 2.49. The fraction of sp³-hybridized carbons (Fsp3) is 0.231. The molecule has 0 saturated heterocycles. The number of imidazole rings is 1. The Morgan fingerprint density at radius 3 is 2.95 bits per heavy atom. The minimum absolute atomic E-state index is 0.0856. The van der Waals surface area contributed by atoms with Crippen molar-refractivity contribution in [1.29, 1.82) is 0 Å². The van der Waals surface area contributed by atoms with E-state index < -0.39 is 0 Å². The summed E-state index contributed by atoms with van der Waals surface area (Å²) in [6, 6.07) is 7.32. The molecule has 0 saturated carbocycles. The first-order valence-corrected chi connectivity index (χ1v) is 6.72. The Kier molecular flexibility index (Phi) is 4.46. The molecule has 2 aromatic rings. The molecule has 2 rings (SSSR count). The predicted octanol–water partition coefficient (Wildman–Crippen LogP) is 2.16. The standard InChI is InChI=1S/C13H15N3O2S/c1-16-8-7-14-13(16)19-9-12(17)15-10-5-3-4-6-11(10)18-2/h3-8H,9H2,1-2H3,(H,15,17). The summed E-state index contributed by atoms with van der Waals surface area (Å²) < 4.78 is 7.05. The molecule has 0 atom stereocenters. The highest BCUT2D eigenvalue weighted by molar-refractivity contribution is 7.99. The number of methoxy groups -OCH3 is 1. The van der Waals surface area contributed by atoms with E-state index in [-0.39, 0.29) is 5.91 Å². The SMILES string of the molecule is COc1ccccc1NC(=O)CSc1nccn1C. The molecular formula is C13H15N3O2S. The van der Waals surface area contributed by atoms with Gasteiger partial charge in [-0.3, -0.25) is 4.79 Å². The molecule has 0 fully saturated rings. The zero-order chi connectivity index (χ0) is 13.7. The lowest BCUT2D eigenvalue weighted by Crippen LogP contribution is -2.15. The number of amides is 1. The summed E-state index contributed by atoms with van der Waals surface area (Å²) >= 11 is 1.39. The minimum Gasteiger partial charge on any atom is -0.495 e. The topological polar surface area (TPSA) is 56.1 Å². The Labute approximate surface area is 116 Å². The van der Waals surface area contributed by atoms with Crippen molar-refractivity contribution in [3.63, 3.8) is 0 Å². The molecule has 19 heavy (non-hydrogen) atoms. The van der Waals surface area contributed by atoms with Crippen LogP contribution < -0.4 is 10.1 Å². The molecule has 0 spiro atoms. The van der Waals surface area contributed by atoms with Crippen molar-refractivity contribution in [2.24, 2.45) is 7.05 Å². The largest absolute Gasteiger partial charge is 0.495 e. The summed E-state index contributed by atoms with van der Waals surface area (Å²) in [6.45, 7) is 0. The van der Waals surface area contributed by atoms with Gasteiger partial charge in [-0.2, -0.15) is 0 Å². The van der Waals surface area contributed by atoms with Gasteiger partial charge in [0.15, 0.2) is 5.16 Å². The van der Waals surface area contributed by atoms with Crippen molar-refractivity contribution in [2.75, 3.05) is 18.2 Å². The quantitative estimate of drug-likeness (QED) is 0.851. The zero-order valence-corrected chi connectivity index (χ0v) is 11.6. The number of hydrogen-bond donors (Lipinski definition) is 1. The predicted molar refractivity (Wildman–Crippen MR) is 75.6 cm³/mol. The van der Waals surface area contributed by atoms with Crippen LogP contribution in [0.2, 0.25) is 0 Å². The summed E-state index contributed by atoms with van der Waals surface area (Å²) in [6.07, 6.45) is 3.56. The highest BCUT2D eigenvalue weighted by Crippen LogP contribution is 2.23. The monoisotopic (exact) mass is 277 g/mol. The van der Waals surface area contributed by atoms with E-state index >= 15 is 0 Å². The lowest BCUT2D eigenvalue weighted by atomic mass is 10.3. The van der Waals surface area contributed by atoms with Crippen LogP contribution in [-0.4, -0.2) is 28.3 Å². The highest BCUT2D eigenvalue weighted by atomic mass is 32.2. The van der Waals surface area contributed by atoms with Crippen LogP contribution in [0.4, 0.5) is 5.69 Å². The molecule has 1 N–H and O–H groups in total. The Morgan fingerprint density at radius 1 is 1.47 bits per heavy atom. The van der Waals surface area contributed by atoms with Gasteiger partial charge < -0.3 is 14.6 Å². The maximum atomic E-state index is 11.9. The van der Waals surface area contributed by atoms with Gasteiger partial charge in [0.05, 0.1) is 18.6 Å². The number of hydrogen-bond acceptors (Lipinski definition) is 4. The molecular weight excluding hydrogens is 262 g/mol. The summed E-state index contributed by atoms with van der Waals surface area (Å²) in [7, 11) is 3.47. The van der Waals surface area contributed by atoms with E-state index in [4.69, 9.17) is 4.74 Å². The number of aryl methyl sites for hydroxylation is 1. The van der Waals surface area contributed by atoms with Gasteiger partial charge >= 0.3 is 0 Å². The van der Waals surface area contributed by atoms with Gasteiger partial charge in [0.2, 0.25) is 5.91 Å². The second-order valence-electron chi connectivity index (χ2n) is 3.86. The number of carbonyl (C=O) groups excluding carboxylic acids is 1. The lowest BCUT2D eigenvalue weighted by molar-refractivity contribution is -0.113. The highest BCUT2D eigenvalue weighted by Gasteiger charge is 2.08. The second kappa shape index (κ2) is 6.29. The number of carbonyl (C=O) groups is 1. The molecule has 0 unspecified atom stereocenters. The Balaban J connectivity index is 1.93. The van der Waals surface area contributed by atoms with E-state index in [1.54, 1.807) is 13.3 Å². The molecule has 6 heteroatoms. The van der Waals surface area contributed by atoms with Gasteiger partial charge in [-0.15, -0.1) is 0 Å². The first-order chi connectivity index (χ1) is 9.20. The van der Waals surface area contributed by atoms with Crippen molar-refractivity contribution in [1.82, 2.24) is 9.55 Å². The summed E-state index contributed by atoms with van der Waals surface area (Å²) in [5.41, 5.74) is 0.676. The van der Waals surface area contributed by atoms with E-state index in [0.29, 0.717) is 17.2 Å². The first-order valence-electron chi connectivity index (χ1n) is 5.73. The maximum absolute atomic E-state index is 11.9. The molecule has 0 radical (unpaired) electrons. The van der Waals surface area contributed by atoms with Gasteiger partial charge in [-0.25, -0.2) is 4.98 Å². The van der Waals surface area contributed by atoms with E-state index in [2.05, 4.69) is 10.3 Å². The summed E-state index contributed by atoms with van der Waals surface area (Å²) in [5.74, 6) is 0.874. The summed E-state index contributed by atoms with van der Waals surface area (Å²) in [5, 5.41) is 3.64. The number of anilines is 1. The van der Waals surface area contributed by atoms with Crippen molar-refractivity contribution in [3.8, 4) is 5.75 Å². The fourth-order valence-electron chi connectivity index (χ4n) is 1.56. The second-order valence-corrected chi connectivity index (χ2v) is 4.80. The van der Waals surface area contributed by atoms with Crippen molar-refractivity contribution < 1.29 is 9.53 Å². The van der Waals surface area contributed by atoms with Gasteiger partial charge in [-0.05, 0) is 12.1 Å². The van der Waals surface area contributed by atoms with Crippen LogP contribution in [0.25, 0.3) is 0 Å². The molecule has 0 aliphatic heterocycles. The van der Waals surface area contributed by atoms with Crippen LogP contribution in [0.15, 0.2) is 41.8 Å². The minimum atomic E-state index is -0.0856.